The van der Waals surface area contributed by atoms with E-state index in [-0.39, 0.29) is 11.3 Å². The fourth-order valence-corrected chi connectivity index (χ4v) is 0.933. The molecule has 2 N–H and O–H groups in total. The smallest absolute Gasteiger partial charge is 0.185 e. The highest BCUT2D eigenvalue weighted by Gasteiger charge is 1.95. The van der Waals surface area contributed by atoms with E-state index < -0.39 is 0 Å². The minimum atomic E-state index is 0. The summed E-state index contributed by atoms with van der Waals surface area (Å²) in [7, 11) is 0. The van der Waals surface area contributed by atoms with E-state index in [0.29, 0.717) is 18.0 Å². The maximum Gasteiger partial charge on any atom is 0.185 e. The Morgan fingerprint density at radius 1 is 1.53 bits per heavy atom. The van der Waals surface area contributed by atoms with Gasteiger partial charge in [0.15, 0.2) is 12.0 Å². The Balaban J connectivity index is 0. The predicted molar refractivity (Wildman–Crippen MR) is 57.8 cm³/mol. The molecule has 4 heteroatoms. The van der Waals surface area contributed by atoms with Crippen LogP contribution in [0.15, 0.2) is 22.8 Å². The Hall–Kier alpha value is -1.42. The van der Waals surface area contributed by atoms with Crippen molar-refractivity contribution in [3.05, 3.63) is 24.2 Å². The second kappa shape index (κ2) is 9.15. The average Bonchev–Trinajstić information content (AvgIpc) is 2.53. The molecule has 1 heterocycles. The Labute approximate surface area is 89.6 Å². The summed E-state index contributed by atoms with van der Waals surface area (Å²) >= 11 is 0. The summed E-state index contributed by atoms with van der Waals surface area (Å²) in [5.41, 5.74) is 0. The quantitative estimate of drug-likeness (QED) is 0.720. The Bertz CT molecular complexity index is 262. The summed E-state index contributed by atoms with van der Waals surface area (Å²) < 4.78 is 4.61. The van der Waals surface area contributed by atoms with Crippen LogP contribution in [0.4, 0.5) is 0 Å². The molecule has 86 valence electrons. The minimum absolute atomic E-state index is 0. The molecule has 4 nitrogen and oxygen atoms in total. The maximum absolute atomic E-state index is 10.3. The number of carbonyl (C=O) groups is 2. The van der Waals surface area contributed by atoms with Gasteiger partial charge in [0.05, 0.1) is 6.26 Å². The highest BCUT2D eigenvalue weighted by atomic mass is 16.3. The van der Waals surface area contributed by atoms with Gasteiger partial charge in [-0.05, 0) is 25.0 Å². The van der Waals surface area contributed by atoms with Crippen LogP contribution in [0.5, 0.6) is 0 Å². The van der Waals surface area contributed by atoms with Crippen molar-refractivity contribution in [3.8, 4) is 0 Å². The standard InChI is InChI=1S/C6H12O.C5H4O2.H2O/c1-5(2)4-6(3)7;6-4-5-2-1-3-7-5;/h5H,4H2,1-3H3;1-4H;1H2. The maximum atomic E-state index is 10.3. The van der Waals surface area contributed by atoms with Crippen LogP contribution in [-0.2, 0) is 4.79 Å². The van der Waals surface area contributed by atoms with Crippen LogP contribution < -0.4 is 0 Å². The van der Waals surface area contributed by atoms with Crippen LogP contribution in [-0.4, -0.2) is 17.5 Å². The average molecular weight is 214 g/mol. The molecule has 0 aliphatic rings. The van der Waals surface area contributed by atoms with Crippen molar-refractivity contribution >= 4 is 12.1 Å². The molecule has 0 aliphatic heterocycles. The first kappa shape index (κ1) is 16.0. The van der Waals surface area contributed by atoms with Gasteiger partial charge >= 0.3 is 0 Å². The third kappa shape index (κ3) is 10.5. The molecule has 0 unspecified atom stereocenters. The van der Waals surface area contributed by atoms with Gasteiger partial charge in [0.1, 0.15) is 5.78 Å². The van der Waals surface area contributed by atoms with Gasteiger partial charge in [-0.3, -0.25) is 4.79 Å². The zero-order valence-electron chi connectivity index (χ0n) is 9.32. The first-order valence-electron chi connectivity index (χ1n) is 4.54. The molecule has 0 aliphatic carbocycles. The lowest BCUT2D eigenvalue weighted by Gasteiger charge is -1.95. The zero-order valence-corrected chi connectivity index (χ0v) is 9.32. The van der Waals surface area contributed by atoms with Crippen molar-refractivity contribution < 1.29 is 19.5 Å². The summed E-state index contributed by atoms with van der Waals surface area (Å²) in [6, 6.07) is 3.27. The van der Waals surface area contributed by atoms with E-state index in [9.17, 15) is 9.59 Å². The summed E-state index contributed by atoms with van der Waals surface area (Å²) in [6.07, 6.45) is 2.85. The van der Waals surface area contributed by atoms with Crippen molar-refractivity contribution in [2.45, 2.75) is 27.2 Å². The van der Waals surface area contributed by atoms with E-state index in [0.717, 1.165) is 6.42 Å². The number of rotatable bonds is 3. The lowest BCUT2D eigenvalue weighted by molar-refractivity contribution is -0.117. The molecule has 0 saturated carbocycles. The van der Waals surface area contributed by atoms with Crippen molar-refractivity contribution in [1.29, 1.82) is 0 Å². The third-order valence-electron chi connectivity index (χ3n) is 1.36. The number of ketones is 1. The molecule has 0 radical (unpaired) electrons. The summed E-state index contributed by atoms with van der Waals surface area (Å²) in [5.74, 6) is 1.19. The van der Waals surface area contributed by atoms with E-state index in [1.54, 1.807) is 19.1 Å². The van der Waals surface area contributed by atoms with Gasteiger partial charge in [0.25, 0.3) is 0 Å². The van der Waals surface area contributed by atoms with Crippen LogP contribution in [0, 0.1) is 5.92 Å². The summed E-state index contributed by atoms with van der Waals surface area (Å²) in [4.78, 5) is 20.0. The van der Waals surface area contributed by atoms with Crippen molar-refractivity contribution in [1.82, 2.24) is 0 Å². The lowest BCUT2D eigenvalue weighted by atomic mass is 10.1. The van der Waals surface area contributed by atoms with Gasteiger partial charge in [-0.15, -0.1) is 0 Å². The number of Topliss-reactive ketones (excluding diaryl/α,β-unsaturated/α-hetero) is 1. The first-order valence-corrected chi connectivity index (χ1v) is 4.54. The molecule has 0 amide bonds. The molecule has 0 saturated heterocycles. The normalized spacial score (nSPS) is 8.53. The molecule has 1 rings (SSSR count). The molecule has 1 aromatic heterocycles. The molecular formula is C11H18O4. The fraction of sp³-hybridized carbons (Fsp3) is 0.455. The van der Waals surface area contributed by atoms with Crippen LogP contribution in [0.3, 0.4) is 0 Å². The van der Waals surface area contributed by atoms with Crippen LogP contribution in [0.25, 0.3) is 0 Å². The Kier molecular flexibility index (Phi) is 9.77. The Morgan fingerprint density at radius 3 is 2.27 bits per heavy atom. The van der Waals surface area contributed by atoms with Gasteiger partial charge < -0.3 is 14.7 Å². The second-order valence-electron chi connectivity index (χ2n) is 3.43. The third-order valence-corrected chi connectivity index (χ3v) is 1.36. The molecule has 0 atom stereocenters. The lowest BCUT2D eigenvalue weighted by Crippen LogP contribution is -1.95. The van der Waals surface area contributed by atoms with E-state index >= 15 is 0 Å². The molecular weight excluding hydrogens is 196 g/mol. The van der Waals surface area contributed by atoms with Crippen LogP contribution in [0.2, 0.25) is 0 Å². The summed E-state index contributed by atoms with van der Waals surface area (Å²) in [6.45, 7) is 5.71. The topological polar surface area (TPSA) is 78.8 Å². The monoisotopic (exact) mass is 214 g/mol. The SMILES string of the molecule is CC(=O)CC(C)C.O.O=Cc1ccco1. The fourth-order valence-electron chi connectivity index (χ4n) is 0.933. The second-order valence-corrected chi connectivity index (χ2v) is 3.43. The van der Waals surface area contributed by atoms with Crippen molar-refractivity contribution in [2.75, 3.05) is 0 Å². The molecule has 0 spiro atoms. The van der Waals surface area contributed by atoms with E-state index in [2.05, 4.69) is 4.42 Å². The number of hydrogen-bond acceptors (Lipinski definition) is 3. The predicted octanol–water partition coefficient (Wildman–Crippen LogP) is 1.89. The molecule has 0 bridgehead atoms. The highest BCUT2D eigenvalue weighted by Crippen LogP contribution is 1.97. The Morgan fingerprint density at radius 2 is 2.13 bits per heavy atom. The van der Waals surface area contributed by atoms with Crippen molar-refractivity contribution in [2.24, 2.45) is 5.92 Å². The molecule has 1 aromatic rings. The van der Waals surface area contributed by atoms with Crippen molar-refractivity contribution in [3.63, 3.8) is 0 Å². The largest absolute Gasteiger partial charge is 0.462 e. The van der Waals surface area contributed by atoms with Gasteiger partial charge in [0, 0.05) is 6.42 Å². The molecule has 15 heavy (non-hydrogen) atoms. The number of aldehydes is 1. The first-order chi connectivity index (χ1) is 6.56. The van der Waals surface area contributed by atoms with Gasteiger partial charge in [-0.25, -0.2) is 0 Å². The molecule has 0 fully saturated rings. The zero-order chi connectivity index (χ0) is 11.0. The van der Waals surface area contributed by atoms with Gasteiger partial charge in [-0.2, -0.15) is 0 Å². The van der Waals surface area contributed by atoms with Gasteiger partial charge in [-0.1, -0.05) is 13.8 Å². The van der Waals surface area contributed by atoms with Crippen LogP contribution >= 0.6 is 0 Å². The van der Waals surface area contributed by atoms with E-state index in [4.69, 9.17) is 0 Å². The molecule has 0 aromatic carbocycles. The number of furan rings is 1. The number of hydrogen-bond donors (Lipinski definition) is 0. The number of carbonyl (C=O) groups excluding carboxylic acids is 2. The van der Waals surface area contributed by atoms with Gasteiger partial charge in [0.2, 0.25) is 0 Å². The minimum Gasteiger partial charge on any atom is -0.462 e. The van der Waals surface area contributed by atoms with Crippen LogP contribution in [0.1, 0.15) is 37.7 Å². The van der Waals surface area contributed by atoms with E-state index in [1.807, 2.05) is 13.8 Å². The summed E-state index contributed by atoms with van der Waals surface area (Å²) in [5, 5.41) is 0. The van der Waals surface area contributed by atoms with E-state index in [1.165, 1.54) is 6.26 Å². The highest BCUT2D eigenvalue weighted by molar-refractivity contribution is 5.75.